The summed E-state index contributed by atoms with van der Waals surface area (Å²) in [6, 6.07) is 3.66. The van der Waals surface area contributed by atoms with E-state index in [2.05, 4.69) is 20.6 Å². The first-order valence-corrected chi connectivity index (χ1v) is 8.90. The van der Waals surface area contributed by atoms with E-state index in [1.807, 2.05) is 38.2 Å². The summed E-state index contributed by atoms with van der Waals surface area (Å²) >= 11 is 1.56. The van der Waals surface area contributed by atoms with Crippen LogP contribution in [0.1, 0.15) is 31.1 Å². The molecule has 0 aliphatic heterocycles. The average Bonchev–Trinajstić information content (AvgIpc) is 3.04. The summed E-state index contributed by atoms with van der Waals surface area (Å²) in [6.07, 6.45) is 0. The van der Waals surface area contributed by atoms with Crippen LogP contribution in [0.15, 0.2) is 28.6 Å². The van der Waals surface area contributed by atoms with E-state index >= 15 is 0 Å². The molecule has 26 heavy (non-hydrogen) atoms. The molecule has 144 valence electrons. The van der Waals surface area contributed by atoms with Crippen molar-refractivity contribution >= 4 is 46.4 Å². The molecule has 0 saturated heterocycles. The van der Waals surface area contributed by atoms with Crippen molar-refractivity contribution in [1.29, 1.82) is 0 Å². The van der Waals surface area contributed by atoms with E-state index in [4.69, 9.17) is 0 Å². The van der Waals surface area contributed by atoms with E-state index in [1.165, 1.54) is 6.07 Å². The highest BCUT2D eigenvalue weighted by atomic mass is 127. The second-order valence-electron chi connectivity index (χ2n) is 5.75. The summed E-state index contributed by atoms with van der Waals surface area (Å²) in [7, 11) is 3.89. The molecule has 0 amide bonds. The zero-order chi connectivity index (χ0) is 18.4. The third-order valence-corrected chi connectivity index (χ3v) is 4.52. The molecular formula is C17H24F2IN5S. The number of hydrogen-bond donors (Lipinski definition) is 2. The monoisotopic (exact) mass is 495 g/mol. The predicted molar refractivity (Wildman–Crippen MR) is 115 cm³/mol. The second kappa shape index (κ2) is 10.6. The molecule has 2 N–H and O–H groups in total. The van der Waals surface area contributed by atoms with Gasteiger partial charge in [-0.05, 0) is 31.5 Å². The molecule has 1 unspecified atom stereocenters. The van der Waals surface area contributed by atoms with Crippen molar-refractivity contribution in [3.8, 4) is 0 Å². The Balaban J connectivity index is 0.00000338. The predicted octanol–water partition coefficient (Wildman–Crippen LogP) is 3.92. The highest BCUT2D eigenvalue weighted by molar-refractivity contribution is 14.0. The van der Waals surface area contributed by atoms with E-state index in [1.54, 1.807) is 17.4 Å². The summed E-state index contributed by atoms with van der Waals surface area (Å²) in [5, 5.41) is 9.24. The number of benzene rings is 1. The van der Waals surface area contributed by atoms with Crippen molar-refractivity contribution in [3.63, 3.8) is 0 Å². The number of aromatic nitrogens is 1. The molecule has 1 aromatic carbocycles. The first-order valence-electron chi connectivity index (χ1n) is 8.02. The van der Waals surface area contributed by atoms with Gasteiger partial charge in [0.05, 0.1) is 18.3 Å². The number of aliphatic imine (C=N–C) groups is 1. The molecule has 0 radical (unpaired) electrons. The summed E-state index contributed by atoms with van der Waals surface area (Å²) in [5.74, 6) is -1.11. The molecule has 0 saturated carbocycles. The van der Waals surface area contributed by atoms with Gasteiger partial charge in [-0.3, -0.25) is 0 Å². The van der Waals surface area contributed by atoms with Crippen LogP contribution < -0.4 is 15.5 Å². The van der Waals surface area contributed by atoms with E-state index < -0.39 is 11.6 Å². The summed E-state index contributed by atoms with van der Waals surface area (Å²) in [6.45, 7) is 4.96. The lowest BCUT2D eigenvalue weighted by Gasteiger charge is -2.18. The van der Waals surface area contributed by atoms with Crippen LogP contribution in [0, 0.1) is 11.6 Å². The number of anilines is 1. The van der Waals surface area contributed by atoms with Gasteiger partial charge in [-0.15, -0.1) is 35.3 Å². The van der Waals surface area contributed by atoms with Gasteiger partial charge in [0, 0.05) is 26.0 Å². The topological polar surface area (TPSA) is 52.6 Å². The van der Waals surface area contributed by atoms with Crippen LogP contribution >= 0.6 is 35.3 Å². The summed E-state index contributed by atoms with van der Waals surface area (Å²) in [4.78, 5) is 11.0. The van der Waals surface area contributed by atoms with E-state index in [-0.39, 0.29) is 30.0 Å². The van der Waals surface area contributed by atoms with Crippen LogP contribution in [-0.4, -0.2) is 31.6 Å². The number of nitrogens with zero attached hydrogens (tertiary/aromatic N) is 3. The van der Waals surface area contributed by atoms with Crippen molar-refractivity contribution in [2.24, 2.45) is 4.99 Å². The van der Waals surface area contributed by atoms with Gasteiger partial charge < -0.3 is 15.5 Å². The number of guanidine groups is 1. The maximum atomic E-state index is 13.4. The minimum absolute atomic E-state index is 0. The molecule has 2 aromatic rings. The number of thiazole rings is 1. The lowest BCUT2D eigenvalue weighted by molar-refractivity contribution is 0.504. The van der Waals surface area contributed by atoms with Crippen molar-refractivity contribution in [1.82, 2.24) is 15.6 Å². The Morgan fingerprint density at radius 1 is 1.31 bits per heavy atom. The minimum Gasteiger partial charge on any atom is -0.357 e. The molecule has 0 spiro atoms. The first kappa shape index (κ1) is 22.6. The van der Waals surface area contributed by atoms with Crippen LogP contribution in [-0.2, 0) is 6.54 Å². The van der Waals surface area contributed by atoms with Gasteiger partial charge in [0.2, 0.25) is 0 Å². The van der Waals surface area contributed by atoms with Gasteiger partial charge in [-0.1, -0.05) is 6.07 Å². The number of halogens is 3. The van der Waals surface area contributed by atoms with Crippen LogP contribution in [0.25, 0.3) is 0 Å². The highest BCUT2D eigenvalue weighted by Crippen LogP contribution is 2.19. The molecule has 0 bridgehead atoms. The largest absolute Gasteiger partial charge is 0.357 e. The Morgan fingerprint density at radius 2 is 2.04 bits per heavy atom. The lowest BCUT2D eigenvalue weighted by atomic mass is 10.1. The highest BCUT2D eigenvalue weighted by Gasteiger charge is 2.11. The third kappa shape index (κ3) is 6.35. The fraction of sp³-hybridized carbons (Fsp3) is 0.412. The van der Waals surface area contributed by atoms with Gasteiger partial charge in [0.25, 0.3) is 0 Å². The van der Waals surface area contributed by atoms with Gasteiger partial charge in [0.1, 0.15) is 0 Å². The fourth-order valence-corrected chi connectivity index (χ4v) is 2.87. The smallest absolute Gasteiger partial charge is 0.192 e. The summed E-state index contributed by atoms with van der Waals surface area (Å²) in [5.41, 5.74) is 1.53. The molecule has 0 aliphatic rings. The minimum atomic E-state index is -0.855. The van der Waals surface area contributed by atoms with Crippen LogP contribution in [0.5, 0.6) is 0 Å². The molecule has 0 aliphatic carbocycles. The molecule has 2 rings (SSSR count). The molecule has 0 fully saturated rings. The second-order valence-corrected chi connectivity index (χ2v) is 6.59. The maximum absolute atomic E-state index is 13.4. The van der Waals surface area contributed by atoms with Gasteiger partial charge in [-0.2, -0.15) is 0 Å². The van der Waals surface area contributed by atoms with Crippen LogP contribution in [0.3, 0.4) is 0 Å². The molecule has 5 nitrogen and oxygen atoms in total. The lowest BCUT2D eigenvalue weighted by Crippen LogP contribution is -2.38. The van der Waals surface area contributed by atoms with Crippen molar-refractivity contribution < 1.29 is 8.78 Å². The number of rotatable bonds is 6. The molecular weight excluding hydrogens is 471 g/mol. The standard InChI is InChI=1S/C17H23F2N5S.HI/c1-5-20-16(21-9-13-10-25-17(23-13)24(3)4)22-11(2)12-6-7-14(18)15(19)8-12;/h6-8,10-11H,5,9H2,1-4H3,(H2,20,21,22);1H. The fourth-order valence-electron chi connectivity index (χ4n) is 2.12. The zero-order valence-electron chi connectivity index (χ0n) is 15.2. The summed E-state index contributed by atoms with van der Waals surface area (Å²) < 4.78 is 26.5. The average molecular weight is 495 g/mol. The quantitative estimate of drug-likeness (QED) is 0.363. The van der Waals surface area contributed by atoms with Crippen LogP contribution in [0.2, 0.25) is 0 Å². The van der Waals surface area contributed by atoms with E-state index in [9.17, 15) is 8.78 Å². The number of hydrogen-bond acceptors (Lipinski definition) is 4. The van der Waals surface area contributed by atoms with Gasteiger partial charge in [0.15, 0.2) is 22.7 Å². The Labute approximate surface area is 173 Å². The Hall–Kier alpha value is -1.49. The molecule has 1 aromatic heterocycles. The first-order chi connectivity index (χ1) is 11.9. The van der Waals surface area contributed by atoms with Crippen molar-refractivity contribution in [2.75, 3.05) is 25.5 Å². The van der Waals surface area contributed by atoms with Crippen molar-refractivity contribution in [2.45, 2.75) is 26.4 Å². The van der Waals surface area contributed by atoms with Gasteiger partial charge >= 0.3 is 0 Å². The van der Waals surface area contributed by atoms with Crippen LogP contribution in [0.4, 0.5) is 13.9 Å². The Bertz CT molecular complexity index is 736. The van der Waals surface area contributed by atoms with Crippen molar-refractivity contribution in [3.05, 3.63) is 46.5 Å². The normalized spacial score (nSPS) is 12.3. The Kier molecular flexibility index (Phi) is 9.20. The maximum Gasteiger partial charge on any atom is 0.192 e. The number of nitrogens with one attached hydrogen (secondary N) is 2. The van der Waals surface area contributed by atoms with E-state index in [0.29, 0.717) is 24.6 Å². The van der Waals surface area contributed by atoms with E-state index in [0.717, 1.165) is 16.9 Å². The molecule has 9 heteroatoms. The molecule has 1 heterocycles. The zero-order valence-corrected chi connectivity index (χ0v) is 18.4. The third-order valence-electron chi connectivity index (χ3n) is 3.46. The van der Waals surface area contributed by atoms with Gasteiger partial charge in [-0.25, -0.2) is 18.8 Å². The molecule has 1 atom stereocenters. The SMILES string of the molecule is CCNC(=NCc1csc(N(C)C)n1)NC(C)c1ccc(F)c(F)c1.I. The Morgan fingerprint density at radius 3 is 2.62 bits per heavy atom.